The van der Waals surface area contributed by atoms with Gasteiger partial charge in [-0.2, -0.15) is 0 Å². The van der Waals surface area contributed by atoms with Crippen LogP contribution >= 0.6 is 12.4 Å². The molecule has 1 aliphatic heterocycles. The lowest BCUT2D eigenvalue weighted by atomic mass is 10.0. The second-order valence-corrected chi connectivity index (χ2v) is 4.63. The lowest BCUT2D eigenvalue weighted by Crippen LogP contribution is -2.15. The highest BCUT2D eigenvalue weighted by Gasteiger charge is 2.14. The highest BCUT2D eigenvalue weighted by Crippen LogP contribution is 2.36. The Labute approximate surface area is 123 Å². The van der Waals surface area contributed by atoms with E-state index in [0.29, 0.717) is 0 Å². The fourth-order valence-corrected chi connectivity index (χ4v) is 2.53. The number of aliphatic imine (C=N–C) groups is 1. The Morgan fingerprint density at radius 2 is 1.50 bits per heavy atom. The maximum Gasteiger partial charge on any atom is 0.138 e. The van der Waals surface area contributed by atoms with Crippen LogP contribution in [0.3, 0.4) is 0 Å². The molecule has 0 aliphatic carbocycles. The summed E-state index contributed by atoms with van der Waals surface area (Å²) in [5.41, 5.74) is 3.27. The quantitative estimate of drug-likeness (QED) is 0.682. The summed E-state index contributed by atoms with van der Waals surface area (Å²) in [6.45, 7) is 0. The van der Waals surface area contributed by atoms with E-state index >= 15 is 0 Å². The molecule has 0 unspecified atom stereocenters. The van der Waals surface area contributed by atoms with E-state index in [4.69, 9.17) is 4.99 Å². The summed E-state index contributed by atoms with van der Waals surface area (Å²) >= 11 is 0. The summed E-state index contributed by atoms with van der Waals surface area (Å²) in [5, 5.41) is 5.85. The van der Waals surface area contributed by atoms with Gasteiger partial charge in [0.15, 0.2) is 0 Å². The van der Waals surface area contributed by atoms with Crippen molar-refractivity contribution in [2.75, 3.05) is 5.32 Å². The molecule has 0 bridgehead atoms. The molecule has 3 heteroatoms. The molecule has 1 heterocycles. The van der Waals surface area contributed by atoms with Crippen LogP contribution in [0.25, 0.3) is 10.8 Å². The summed E-state index contributed by atoms with van der Waals surface area (Å²) in [4.78, 5) is 4.74. The first kappa shape index (κ1) is 12.7. The second kappa shape index (κ2) is 4.99. The van der Waals surface area contributed by atoms with Gasteiger partial charge in [0.25, 0.3) is 0 Å². The van der Waals surface area contributed by atoms with Gasteiger partial charge in [-0.15, -0.1) is 12.4 Å². The zero-order valence-electron chi connectivity index (χ0n) is 10.7. The van der Waals surface area contributed by atoms with E-state index in [1.165, 1.54) is 10.8 Å². The lowest BCUT2D eigenvalue weighted by molar-refractivity contribution is 1.46. The number of amidine groups is 1. The predicted octanol–water partition coefficient (Wildman–Crippen LogP) is 4.77. The number of halogens is 1. The third kappa shape index (κ3) is 1.95. The van der Waals surface area contributed by atoms with Crippen LogP contribution in [0.15, 0.2) is 71.7 Å². The van der Waals surface area contributed by atoms with Crippen molar-refractivity contribution in [1.29, 1.82) is 0 Å². The molecule has 98 valence electrons. The van der Waals surface area contributed by atoms with Crippen molar-refractivity contribution in [3.8, 4) is 0 Å². The summed E-state index contributed by atoms with van der Waals surface area (Å²) in [6, 6.07) is 22.7. The van der Waals surface area contributed by atoms with Crippen molar-refractivity contribution in [1.82, 2.24) is 0 Å². The molecule has 3 aromatic rings. The Morgan fingerprint density at radius 1 is 0.750 bits per heavy atom. The van der Waals surface area contributed by atoms with Crippen molar-refractivity contribution < 1.29 is 0 Å². The molecule has 2 nitrogen and oxygen atoms in total. The molecule has 0 aromatic heterocycles. The lowest BCUT2D eigenvalue weighted by Gasteiger charge is -2.19. The van der Waals surface area contributed by atoms with Gasteiger partial charge in [-0.3, -0.25) is 0 Å². The number of benzene rings is 3. The van der Waals surface area contributed by atoms with Gasteiger partial charge >= 0.3 is 0 Å². The molecule has 0 spiro atoms. The standard InChI is InChI=1S/C17H12N2.ClH/c1-2-6-13(7-3-1)17-18-14-10-4-8-12-9-5-11-15(19-17)16(12)14;/h1-11H,(H,18,19);1H. The van der Waals surface area contributed by atoms with Gasteiger partial charge in [-0.1, -0.05) is 54.6 Å². The number of nitrogens with zero attached hydrogens (tertiary/aromatic N) is 1. The zero-order chi connectivity index (χ0) is 12.7. The Bertz CT molecular complexity index is 789. The minimum absolute atomic E-state index is 0. The molecule has 0 saturated heterocycles. The molecule has 0 fully saturated rings. The fraction of sp³-hybridized carbons (Fsp3) is 0. The topological polar surface area (TPSA) is 24.4 Å². The van der Waals surface area contributed by atoms with Crippen LogP contribution < -0.4 is 5.32 Å². The van der Waals surface area contributed by atoms with Gasteiger partial charge in [0.05, 0.1) is 5.69 Å². The Kier molecular flexibility index (Phi) is 3.17. The van der Waals surface area contributed by atoms with Gasteiger partial charge in [0.2, 0.25) is 0 Å². The number of rotatable bonds is 1. The van der Waals surface area contributed by atoms with Crippen molar-refractivity contribution in [2.45, 2.75) is 0 Å². The largest absolute Gasteiger partial charge is 0.339 e. The van der Waals surface area contributed by atoms with E-state index in [9.17, 15) is 0 Å². The van der Waals surface area contributed by atoms with Crippen molar-refractivity contribution in [3.05, 3.63) is 72.3 Å². The number of nitrogens with one attached hydrogen (secondary N) is 1. The first-order valence-corrected chi connectivity index (χ1v) is 6.35. The van der Waals surface area contributed by atoms with Crippen LogP contribution in [0.1, 0.15) is 5.56 Å². The molecule has 4 rings (SSSR count). The minimum Gasteiger partial charge on any atom is -0.339 e. The third-order valence-corrected chi connectivity index (χ3v) is 3.42. The molecule has 1 N–H and O–H groups in total. The molecular weight excluding hydrogens is 268 g/mol. The molecule has 3 aromatic carbocycles. The van der Waals surface area contributed by atoms with Crippen LogP contribution in [0.5, 0.6) is 0 Å². The molecule has 0 amide bonds. The minimum atomic E-state index is 0. The fourth-order valence-electron chi connectivity index (χ4n) is 2.53. The first-order valence-electron chi connectivity index (χ1n) is 6.35. The van der Waals surface area contributed by atoms with Crippen LogP contribution in [-0.4, -0.2) is 5.84 Å². The van der Waals surface area contributed by atoms with Crippen LogP contribution in [0, 0.1) is 0 Å². The predicted molar refractivity (Wildman–Crippen MR) is 87.5 cm³/mol. The van der Waals surface area contributed by atoms with Crippen molar-refractivity contribution in [3.63, 3.8) is 0 Å². The van der Waals surface area contributed by atoms with Crippen LogP contribution in [-0.2, 0) is 0 Å². The van der Waals surface area contributed by atoms with E-state index < -0.39 is 0 Å². The van der Waals surface area contributed by atoms with Gasteiger partial charge in [-0.05, 0) is 17.5 Å². The summed E-state index contributed by atoms with van der Waals surface area (Å²) < 4.78 is 0. The monoisotopic (exact) mass is 280 g/mol. The van der Waals surface area contributed by atoms with Gasteiger partial charge in [-0.25, -0.2) is 4.99 Å². The van der Waals surface area contributed by atoms with E-state index in [2.05, 4.69) is 53.8 Å². The molecule has 0 saturated carbocycles. The number of anilines is 1. The third-order valence-electron chi connectivity index (χ3n) is 3.42. The van der Waals surface area contributed by atoms with E-state index in [-0.39, 0.29) is 12.4 Å². The molecular formula is C17H13ClN2. The number of hydrogen-bond acceptors (Lipinski definition) is 2. The Balaban J connectivity index is 0.00000121. The van der Waals surface area contributed by atoms with Crippen molar-refractivity contribution >= 4 is 40.4 Å². The van der Waals surface area contributed by atoms with E-state index in [1.807, 2.05) is 18.2 Å². The smallest absolute Gasteiger partial charge is 0.138 e. The van der Waals surface area contributed by atoms with Crippen LogP contribution in [0.2, 0.25) is 0 Å². The Hall–Kier alpha value is -2.32. The van der Waals surface area contributed by atoms with Gasteiger partial charge in [0, 0.05) is 16.6 Å². The Morgan fingerprint density at radius 3 is 2.30 bits per heavy atom. The summed E-state index contributed by atoms with van der Waals surface area (Å²) in [5.74, 6) is 0.909. The second-order valence-electron chi connectivity index (χ2n) is 4.63. The van der Waals surface area contributed by atoms with E-state index in [1.54, 1.807) is 0 Å². The summed E-state index contributed by atoms with van der Waals surface area (Å²) in [7, 11) is 0. The highest BCUT2D eigenvalue weighted by atomic mass is 35.5. The highest BCUT2D eigenvalue weighted by molar-refractivity contribution is 6.18. The maximum absolute atomic E-state index is 4.74. The summed E-state index contributed by atoms with van der Waals surface area (Å²) in [6.07, 6.45) is 0. The van der Waals surface area contributed by atoms with Gasteiger partial charge < -0.3 is 5.32 Å². The van der Waals surface area contributed by atoms with Gasteiger partial charge in [0.1, 0.15) is 5.84 Å². The molecule has 0 radical (unpaired) electrons. The van der Waals surface area contributed by atoms with E-state index in [0.717, 1.165) is 22.8 Å². The van der Waals surface area contributed by atoms with Crippen molar-refractivity contribution in [2.24, 2.45) is 4.99 Å². The van der Waals surface area contributed by atoms with Crippen LogP contribution in [0.4, 0.5) is 11.4 Å². The molecule has 20 heavy (non-hydrogen) atoms. The normalized spacial score (nSPS) is 12.3. The molecule has 1 aliphatic rings. The number of hydrogen-bond donors (Lipinski definition) is 1. The average molecular weight is 281 g/mol. The molecule has 0 atom stereocenters. The zero-order valence-corrected chi connectivity index (χ0v) is 11.5. The SMILES string of the molecule is Cl.c1ccc(C2=Nc3cccc4cccc(c34)N2)cc1. The average Bonchev–Trinajstić information content (AvgIpc) is 2.49. The first-order chi connectivity index (χ1) is 9.42. The maximum atomic E-state index is 4.74.